The zero-order chi connectivity index (χ0) is 26.1. The standard InChI is InChI=1S/C28H23ClN2O5S/c1-3-35-19-7-5-6-17(14-19)24-23(25(32)16-8-10-18(29)11-9-16)26(33)27(34)31(24)28-30-21-13-12-20(36-4-2)15-22(21)37-28/h5-15,24,32H,3-4H2,1-2H3. The van der Waals surface area contributed by atoms with Gasteiger partial charge in [0.2, 0.25) is 0 Å². The van der Waals surface area contributed by atoms with Crippen LogP contribution >= 0.6 is 22.9 Å². The number of carbonyl (C=O) groups is 2. The lowest BCUT2D eigenvalue weighted by Crippen LogP contribution is -2.29. The number of thiazole rings is 1. The van der Waals surface area contributed by atoms with Crippen LogP contribution in [0.5, 0.6) is 11.5 Å². The van der Waals surface area contributed by atoms with Crippen molar-refractivity contribution in [2.75, 3.05) is 18.1 Å². The molecule has 5 rings (SSSR count). The number of aliphatic hydroxyl groups excluding tert-OH is 1. The molecule has 0 spiro atoms. The fourth-order valence-electron chi connectivity index (χ4n) is 4.30. The molecule has 3 aromatic carbocycles. The van der Waals surface area contributed by atoms with Gasteiger partial charge in [0, 0.05) is 10.6 Å². The first-order valence-corrected chi connectivity index (χ1v) is 12.9. The number of amides is 1. The van der Waals surface area contributed by atoms with Gasteiger partial charge in [-0.15, -0.1) is 0 Å². The van der Waals surface area contributed by atoms with Gasteiger partial charge in [-0.25, -0.2) is 4.98 Å². The van der Waals surface area contributed by atoms with Crippen molar-refractivity contribution in [2.45, 2.75) is 19.9 Å². The molecule has 1 aliphatic heterocycles. The molecule has 1 aliphatic rings. The highest BCUT2D eigenvalue weighted by Gasteiger charge is 2.48. The highest BCUT2D eigenvalue weighted by molar-refractivity contribution is 7.22. The third-order valence-electron chi connectivity index (χ3n) is 5.91. The summed E-state index contributed by atoms with van der Waals surface area (Å²) in [5, 5.41) is 12.1. The smallest absolute Gasteiger partial charge is 0.301 e. The minimum Gasteiger partial charge on any atom is -0.507 e. The summed E-state index contributed by atoms with van der Waals surface area (Å²) < 4.78 is 12.1. The maximum atomic E-state index is 13.5. The number of halogens is 1. The van der Waals surface area contributed by atoms with Crippen molar-refractivity contribution in [2.24, 2.45) is 0 Å². The third-order valence-corrected chi connectivity index (χ3v) is 7.18. The minimum absolute atomic E-state index is 0.0322. The van der Waals surface area contributed by atoms with E-state index in [9.17, 15) is 14.7 Å². The van der Waals surface area contributed by atoms with Crippen molar-refractivity contribution in [1.29, 1.82) is 0 Å². The Bertz CT molecular complexity index is 1530. The van der Waals surface area contributed by atoms with Crippen molar-refractivity contribution in [1.82, 2.24) is 4.98 Å². The summed E-state index contributed by atoms with van der Waals surface area (Å²) in [5.41, 5.74) is 1.62. The summed E-state index contributed by atoms with van der Waals surface area (Å²) in [5.74, 6) is -0.581. The van der Waals surface area contributed by atoms with Crippen LogP contribution in [0.15, 0.2) is 72.3 Å². The Labute approximate surface area is 222 Å². The second-order valence-corrected chi connectivity index (χ2v) is 9.69. The molecule has 9 heteroatoms. The zero-order valence-corrected chi connectivity index (χ0v) is 21.7. The fourth-order valence-corrected chi connectivity index (χ4v) is 5.45. The van der Waals surface area contributed by atoms with Crippen LogP contribution in [0.3, 0.4) is 0 Å². The number of ketones is 1. The number of benzene rings is 3. The van der Waals surface area contributed by atoms with Crippen LogP contribution < -0.4 is 14.4 Å². The highest BCUT2D eigenvalue weighted by Crippen LogP contribution is 2.45. The summed E-state index contributed by atoms with van der Waals surface area (Å²) in [6, 6.07) is 18.1. The monoisotopic (exact) mass is 534 g/mol. The highest BCUT2D eigenvalue weighted by atomic mass is 35.5. The first-order chi connectivity index (χ1) is 17.9. The van der Waals surface area contributed by atoms with Crippen molar-refractivity contribution in [3.63, 3.8) is 0 Å². The van der Waals surface area contributed by atoms with Crippen LogP contribution in [0.1, 0.15) is 31.0 Å². The molecule has 0 bridgehead atoms. The quantitative estimate of drug-likeness (QED) is 0.168. The van der Waals surface area contributed by atoms with Gasteiger partial charge in [0.15, 0.2) is 5.13 Å². The first kappa shape index (κ1) is 24.8. The molecule has 1 unspecified atom stereocenters. The SMILES string of the molecule is CCOc1cccc(C2C(=C(O)c3ccc(Cl)cc3)C(=O)C(=O)N2c2nc3ccc(OCC)cc3s2)c1. The molecule has 0 saturated carbocycles. The van der Waals surface area contributed by atoms with Crippen LogP contribution in [-0.2, 0) is 9.59 Å². The van der Waals surface area contributed by atoms with E-state index in [0.29, 0.717) is 51.5 Å². The molecule has 188 valence electrons. The van der Waals surface area contributed by atoms with Gasteiger partial charge in [0.25, 0.3) is 5.78 Å². The van der Waals surface area contributed by atoms with E-state index in [1.807, 2.05) is 32.0 Å². The number of carbonyl (C=O) groups excluding carboxylic acids is 2. The Kier molecular flexibility index (Phi) is 6.86. The van der Waals surface area contributed by atoms with E-state index in [0.717, 1.165) is 4.70 Å². The lowest BCUT2D eigenvalue weighted by molar-refractivity contribution is -0.132. The summed E-state index contributed by atoms with van der Waals surface area (Å²) in [6.45, 7) is 4.75. The predicted molar refractivity (Wildman–Crippen MR) is 145 cm³/mol. The molecule has 37 heavy (non-hydrogen) atoms. The van der Waals surface area contributed by atoms with Gasteiger partial charge in [-0.05, 0) is 74.0 Å². The van der Waals surface area contributed by atoms with Crippen molar-refractivity contribution in [3.05, 3.63) is 88.5 Å². The van der Waals surface area contributed by atoms with Gasteiger partial charge in [0.1, 0.15) is 17.3 Å². The van der Waals surface area contributed by atoms with Crippen LogP contribution in [0.2, 0.25) is 5.02 Å². The van der Waals surface area contributed by atoms with E-state index in [1.165, 1.54) is 16.2 Å². The molecule has 1 saturated heterocycles. The topological polar surface area (TPSA) is 89.0 Å². The molecule has 7 nitrogen and oxygen atoms in total. The predicted octanol–water partition coefficient (Wildman–Crippen LogP) is 6.37. The molecule has 1 amide bonds. The van der Waals surface area contributed by atoms with Gasteiger partial charge in [-0.1, -0.05) is 35.1 Å². The van der Waals surface area contributed by atoms with Crippen LogP contribution in [0.4, 0.5) is 5.13 Å². The van der Waals surface area contributed by atoms with Crippen molar-refractivity contribution in [3.8, 4) is 11.5 Å². The van der Waals surface area contributed by atoms with E-state index in [2.05, 4.69) is 4.98 Å². The first-order valence-electron chi connectivity index (χ1n) is 11.7. The normalized spacial score (nSPS) is 16.9. The molecule has 1 aromatic heterocycles. The maximum Gasteiger partial charge on any atom is 0.301 e. The number of anilines is 1. The molecular weight excluding hydrogens is 512 g/mol. The molecule has 0 radical (unpaired) electrons. The van der Waals surface area contributed by atoms with E-state index < -0.39 is 17.7 Å². The number of hydrogen-bond donors (Lipinski definition) is 1. The maximum absolute atomic E-state index is 13.5. The average molecular weight is 535 g/mol. The second-order valence-electron chi connectivity index (χ2n) is 8.24. The largest absolute Gasteiger partial charge is 0.507 e. The fraction of sp³-hybridized carbons (Fsp3) is 0.179. The summed E-state index contributed by atoms with van der Waals surface area (Å²) in [4.78, 5) is 32.9. The number of ether oxygens (including phenoxy) is 2. The number of fused-ring (bicyclic) bond motifs is 1. The Balaban J connectivity index is 1.69. The number of aliphatic hydroxyl groups is 1. The summed E-state index contributed by atoms with van der Waals surface area (Å²) in [7, 11) is 0. The number of nitrogens with zero attached hydrogens (tertiary/aromatic N) is 2. The van der Waals surface area contributed by atoms with Gasteiger partial charge in [-0.3, -0.25) is 14.5 Å². The van der Waals surface area contributed by atoms with E-state index >= 15 is 0 Å². The third kappa shape index (κ3) is 4.65. The Morgan fingerprint density at radius 2 is 1.70 bits per heavy atom. The molecule has 1 N–H and O–H groups in total. The average Bonchev–Trinajstić information content (AvgIpc) is 3.42. The molecule has 0 aliphatic carbocycles. The Hall–Kier alpha value is -3.88. The second kappa shape index (κ2) is 10.2. The molecule has 2 heterocycles. The van der Waals surface area contributed by atoms with Gasteiger partial charge in [0.05, 0.1) is 35.0 Å². The lowest BCUT2D eigenvalue weighted by Gasteiger charge is -2.23. The van der Waals surface area contributed by atoms with Crippen LogP contribution in [0, 0.1) is 0 Å². The van der Waals surface area contributed by atoms with Gasteiger partial charge in [-0.2, -0.15) is 0 Å². The lowest BCUT2D eigenvalue weighted by atomic mass is 9.95. The minimum atomic E-state index is -0.914. The number of aromatic nitrogens is 1. The van der Waals surface area contributed by atoms with Gasteiger partial charge >= 0.3 is 5.91 Å². The molecular formula is C28H23ClN2O5S. The van der Waals surface area contributed by atoms with Crippen molar-refractivity contribution >= 4 is 55.7 Å². The zero-order valence-electron chi connectivity index (χ0n) is 20.1. The van der Waals surface area contributed by atoms with E-state index in [-0.39, 0.29) is 11.3 Å². The number of rotatable bonds is 7. The van der Waals surface area contributed by atoms with Crippen LogP contribution in [-0.4, -0.2) is 35.0 Å². The molecule has 1 atom stereocenters. The molecule has 4 aromatic rings. The summed E-state index contributed by atoms with van der Waals surface area (Å²) in [6.07, 6.45) is 0. The number of Topliss-reactive ketones (excluding diaryl/α,β-unsaturated/α-hetero) is 1. The van der Waals surface area contributed by atoms with E-state index in [4.69, 9.17) is 21.1 Å². The Morgan fingerprint density at radius 3 is 2.41 bits per heavy atom. The summed E-state index contributed by atoms with van der Waals surface area (Å²) >= 11 is 7.29. The van der Waals surface area contributed by atoms with Crippen LogP contribution in [0.25, 0.3) is 16.0 Å². The number of hydrogen-bond acceptors (Lipinski definition) is 7. The van der Waals surface area contributed by atoms with E-state index in [1.54, 1.807) is 48.5 Å². The molecule has 1 fully saturated rings. The Morgan fingerprint density at radius 1 is 1.00 bits per heavy atom. The van der Waals surface area contributed by atoms with Gasteiger partial charge < -0.3 is 14.6 Å². The van der Waals surface area contributed by atoms with Crippen molar-refractivity contribution < 1.29 is 24.2 Å².